The van der Waals surface area contributed by atoms with Gasteiger partial charge in [0, 0.05) is 11.9 Å². The van der Waals surface area contributed by atoms with Crippen LogP contribution < -0.4 is 0 Å². The molecule has 1 aromatic rings. The zero-order chi connectivity index (χ0) is 12.4. The van der Waals surface area contributed by atoms with E-state index in [1.807, 2.05) is 31.4 Å². The van der Waals surface area contributed by atoms with E-state index in [1.165, 1.54) is 11.8 Å². The fourth-order valence-corrected chi connectivity index (χ4v) is 0.954. The number of thiol groups is 1. The van der Waals surface area contributed by atoms with Crippen molar-refractivity contribution < 1.29 is 14.6 Å². The second-order valence-electron chi connectivity index (χ2n) is 2.49. The van der Waals surface area contributed by atoms with Gasteiger partial charge in [-0.05, 0) is 25.3 Å². The molecule has 0 bridgehead atoms. The summed E-state index contributed by atoms with van der Waals surface area (Å²) >= 11 is 8.90. The molecule has 0 saturated carbocycles. The van der Waals surface area contributed by atoms with Crippen molar-refractivity contribution in [3.05, 3.63) is 35.5 Å². The molecule has 1 heterocycles. The van der Waals surface area contributed by atoms with E-state index in [0.717, 1.165) is 11.4 Å². The fourth-order valence-electron chi connectivity index (χ4n) is 0.787. The minimum atomic E-state index is 0.639. The van der Waals surface area contributed by atoms with Crippen molar-refractivity contribution >= 4 is 44.2 Å². The van der Waals surface area contributed by atoms with Gasteiger partial charge in [-0.3, -0.25) is 4.98 Å². The molecule has 16 heavy (non-hydrogen) atoms. The van der Waals surface area contributed by atoms with E-state index in [-0.39, 0.29) is 0 Å². The van der Waals surface area contributed by atoms with E-state index in [2.05, 4.69) is 52.5 Å². The molecule has 0 aromatic carbocycles. The third-order valence-electron chi connectivity index (χ3n) is 1.50. The SMILES string of the molecule is CSC(=[SH+])[N-]N=C(C)c1ccccn1.[Cl][Ni]. The zero-order valence-electron chi connectivity index (χ0n) is 8.70. The second kappa shape index (κ2) is 10.0. The van der Waals surface area contributed by atoms with Crippen molar-refractivity contribution in [3.8, 4) is 0 Å². The van der Waals surface area contributed by atoms with E-state index in [4.69, 9.17) is 0 Å². The summed E-state index contributed by atoms with van der Waals surface area (Å²) < 4.78 is 0.639. The molecule has 7 heteroatoms. The van der Waals surface area contributed by atoms with Crippen LogP contribution in [-0.4, -0.2) is 21.3 Å². The Labute approximate surface area is 117 Å². The summed E-state index contributed by atoms with van der Waals surface area (Å²) in [6.45, 7) is 1.87. The number of hydrogen-bond acceptors (Lipinski definition) is 3. The molecule has 0 radical (unpaired) electrons. The molecule has 0 aliphatic carbocycles. The summed E-state index contributed by atoms with van der Waals surface area (Å²) in [5, 5.41) is 4.01. The normalized spacial score (nSPS) is 10.2. The van der Waals surface area contributed by atoms with Gasteiger partial charge in [-0.2, -0.15) is 0 Å². The summed E-state index contributed by atoms with van der Waals surface area (Å²) in [7, 11) is 4.26. The predicted octanol–water partition coefficient (Wildman–Crippen LogP) is 2.60. The maximum atomic E-state index is 4.26. The first kappa shape index (κ1) is 15.8. The first-order chi connectivity index (χ1) is 7.74. The molecular formula is C9H11ClN3NiS2. The van der Waals surface area contributed by atoms with Crippen LogP contribution in [-0.2, 0) is 26.8 Å². The van der Waals surface area contributed by atoms with Gasteiger partial charge in [-0.1, -0.05) is 17.8 Å². The average Bonchev–Trinajstić information content (AvgIpc) is 2.38. The second-order valence-corrected chi connectivity index (χ2v) is 4.01. The van der Waals surface area contributed by atoms with Gasteiger partial charge in [0.05, 0.1) is 5.69 Å². The number of pyridine rings is 1. The number of halogens is 1. The van der Waals surface area contributed by atoms with Gasteiger partial charge in [0.1, 0.15) is 0 Å². The van der Waals surface area contributed by atoms with Crippen LogP contribution in [0, 0.1) is 0 Å². The Morgan fingerprint density at radius 2 is 2.25 bits per heavy atom. The van der Waals surface area contributed by atoms with E-state index in [1.54, 1.807) is 6.20 Å². The van der Waals surface area contributed by atoms with E-state index >= 15 is 0 Å². The molecule has 0 spiro atoms. The molecule has 0 aliphatic heterocycles. The van der Waals surface area contributed by atoms with Crippen LogP contribution in [0.25, 0.3) is 5.43 Å². The van der Waals surface area contributed by atoms with Crippen LogP contribution in [0.4, 0.5) is 0 Å². The van der Waals surface area contributed by atoms with E-state index in [9.17, 15) is 0 Å². The van der Waals surface area contributed by atoms with Gasteiger partial charge in [0.25, 0.3) is 0 Å². The number of aromatic nitrogens is 1. The van der Waals surface area contributed by atoms with Crippen molar-refractivity contribution in [2.24, 2.45) is 5.10 Å². The summed E-state index contributed by atoms with van der Waals surface area (Å²) in [5.41, 5.74) is 5.53. The number of hydrogen-bond donors (Lipinski definition) is 0. The standard InChI is InChI=1S/C9H11N3S2.ClH.Ni/c1-7(11-12-9(13)14-2)8-5-3-4-6-10-8;;/h3-6H,1-2H3,(H,10,12,13);1H;/q;;+1/p-1. The summed E-state index contributed by atoms with van der Waals surface area (Å²) in [4.78, 5) is 4.15. The zero-order valence-corrected chi connectivity index (χ0v) is 12.2. The third-order valence-corrected chi connectivity index (χ3v) is 2.59. The number of rotatable bonds is 2. The van der Waals surface area contributed by atoms with Crippen molar-refractivity contribution in [1.82, 2.24) is 4.98 Å². The van der Waals surface area contributed by atoms with Crippen LogP contribution in [0.3, 0.4) is 0 Å². The van der Waals surface area contributed by atoms with E-state index < -0.39 is 0 Å². The van der Waals surface area contributed by atoms with Crippen LogP contribution in [0.5, 0.6) is 0 Å². The van der Waals surface area contributed by atoms with Gasteiger partial charge in [0.15, 0.2) is 16.5 Å². The molecule has 0 aliphatic rings. The molecule has 0 N–H and O–H groups in total. The first-order valence-electron chi connectivity index (χ1n) is 4.12. The summed E-state index contributed by atoms with van der Waals surface area (Å²) in [5.74, 6) is 0. The Bertz CT molecular complexity index is 346. The molecular weight excluding hydrogens is 308 g/mol. The number of nitrogens with zero attached hydrogens (tertiary/aromatic N) is 3. The van der Waals surface area contributed by atoms with Crippen LogP contribution >= 0.6 is 22.0 Å². The topological polar surface area (TPSA) is 39.4 Å². The van der Waals surface area contributed by atoms with Gasteiger partial charge in [0.2, 0.25) is 0 Å². The molecule has 3 nitrogen and oxygen atoms in total. The monoisotopic (exact) mass is 318 g/mol. The van der Waals surface area contributed by atoms with Gasteiger partial charge < -0.3 is 10.5 Å². The molecule has 1 rings (SSSR count). The fraction of sp³-hybridized carbons (Fsp3) is 0.222. The predicted molar refractivity (Wildman–Crippen MR) is 72.9 cm³/mol. The average molecular weight is 319 g/mol. The Morgan fingerprint density at radius 1 is 1.56 bits per heavy atom. The van der Waals surface area contributed by atoms with Gasteiger partial charge in [-0.15, -0.1) is 0 Å². The van der Waals surface area contributed by atoms with Gasteiger partial charge in [-0.25, -0.2) is 0 Å². The van der Waals surface area contributed by atoms with Crippen LogP contribution in [0.2, 0.25) is 0 Å². The third kappa shape index (κ3) is 6.43. The molecule has 0 amide bonds. The van der Waals surface area contributed by atoms with Crippen molar-refractivity contribution in [1.29, 1.82) is 0 Å². The van der Waals surface area contributed by atoms with Crippen LogP contribution in [0.1, 0.15) is 12.6 Å². The molecule has 0 saturated heterocycles. The first-order valence-corrected chi connectivity index (χ1v) is 7.15. The Balaban J connectivity index is 0.00000106. The van der Waals surface area contributed by atoms with Crippen molar-refractivity contribution in [2.75, 3.05) is 6.26 Å². The van der Waals surface area contributed by atoms with Crippen molar-refractivity contribution in [3.63, 3.8) is 0 Å². The van der Waals surface area contributed by atoms with Gasteiger partial charge >= 0.3 is 24.8 Å². The molecule has 0 atom stereocenters. The van der Waals surface area contributed by atoms with E-state index in [0.29, 0.717) is 4.32 Å². The Morgan fingerprint density at radius 3 is 2.75 bits per heavy atom. The van der Waals surface area contributed by atoms with Crippen LogP contribution in [0.15, 0.2) is 29.5 Å². The summed E-state index contributed by atoms with van der Waals surface area (Å²) in [6, 6.07) is 5.68. The maximum absolute atomic E-state index is 4.26. The minimum absolute atomic E-state index is 0.639. The summed E-state index contributed by atoms with van der Waals surface area (Å²) in [6.07, 6.45) is 3.63. The molecule has 1 aromatic heterocycles. The molecule has 0 fully saturated rings. The molecule has 0 unspecified atom stereocenters. The quantitative estimate of drug-likeness (QED) is 0.210. The number of thioether (sulfide) groups is 1. The molecule has 91 valence electrons. The Hall–Kier alpha value is -0.156. The Kier molecular flexibility index (Phi) is 9.93. The van der Waals surface area contributed by atoms with Crippen molar-refractivity contribution in [2.45, 2.75) is 6.92 Å².